The number of allylic oxidation sites excluding steroid dienone is 3. The molecule has 0 aromatic carbocycles. The summed E-state index contributed by atoms with van der Waals surface area (Å²) in [7, 11) is 0. The molecular formula is C16H21N5. The molecule has 0 atom stereocenters. The smallest absolute Gasteiger partial charge is 0.0702 e. The van der Waals surface area contributed by atoms with Crippen molar-refractivity contribution in [1.29, 1.82) is 0 Å². The minimum atomic E-state index is 0.649. The Morgan fingerprint density at radius 2 is 2.29 bits per heavy atom. The van der Waals surface area contributed by atoms with E-state index in [2.05, 4.69) is 35.3 Å². The molecule has 21 heavy (non-hydrogen) atoms. The Kier molecular flexibility index (Phi) is 3.66. The summed E-state index contributed by atoms with van der Waals surface area (Å²) in [5.74, 6) is 0.649. The van der Waals surface area contributed by atoms with Gasteiger partial charge in [-0.05, 0) is 43.6 Å². The molecule has 110 valence electrons. The lowest BCUT2D eigenvalue weighted by Crippen LogP contribution is -2.36. The predicted octanol–water partition coefficient (Wildman–Crippen LogP) is 2.39. The maximum Gasteiger partial charge on any atom is 0.0702 e. The summed E-state index contributed by atoms with van der Waals surface area (Å²) in [6.45, 7) is 10.6. The van der Waals surface area contributed by atoms with Gasteiger partial charge in [0.2, 0.25) is 0 Å². The predicted molar refractivity (Wildman–Crippen MR) is 85.3 cm³/mol. The quantitative estimate of drug-likeness (QED) is 0.813. The van der Waals surface area contributed by atoms with Gasteiger partial charge in [0.1, 0.15) is 0 Å². The molecule has 0 amide bonds. The third kappa shape index (κ3) is 3.25. The second-order valence-corrected chi connectivity index (χ2v) is 5.57. The van der Waals surface area contributed by atoms with E-state index in [0.717, 1.165) is 29.2 Å². The second kappa shape index (κ2) is 5.61. The van der Waals surface area contributed by atoms with Gasteiger partial charge in [0.05, 0.1) is 23.7 Å². The molecule has 1 fully saturated rings. The number of hydrogen-bond donors (Lipinski definition) is 2. The molecule has 0 bridgehead atoms. The summed E-state index contributed by atoms with van der Waals surface area (Å²) in [6, 6.07) is 0. The van der Waals surface area contributed by atoms with Crippen LogP contribution in [0.1, 0.15) is 19.8 Å². The van der Waals surface area contributed by atoms with E-state index in [4.69, 9.17) is 0 Å². The van der Waals surface area contributed by atoms with E-state index in [1.807, 2.05) is 41.5 Å². The normalized spacial score (nSPS) is 21.7. The summed E-state index contributed by atoms with van der Waals surface area (Å²) < 4.78 is 0. The molecule has 5 heteroatoms. The monoisotopic (exact) mass is 283 g/mol. The van der Waals surface area contributed by atoms with Crippen LogP contribution in [0.2, 0.25) is 0 Å². The molecule has 3 rings (SSSR count). The van der Waals surface area contributed by atoms with Gasteiger partial charge in [0, 0.05) is 18.3 Å². The molecule has 2 N–H and O–H groups in total. The third-order valence-electron chi connectivity index (χ3n) is 3.59. The van der Waals surface area contributed by atoms with Crippen molar-refractivity contribution in [3.63, 3.8) is 0 Å². The first-order chi connectivity index (χ1) is 10.1. The lowest BCUT2D eigenvalue weighted by Gasteiger charge is -2.20. The molecular weight excluding hydrogens is 262 g/mol. The van der Waals surface area contributed by atoms with Gasteiger partial charge >= 0.3 is 0 Å². The first-order valence-corrected chi connectivity index (χ1v) is 7.21. The minimum Gasteiger partial charge on any atom is -0.302 e. The molecule has 0 unspecified atom stereocenters. The van der Waals surface area contributed by atoms with E-state index in [1.165, 1.54) is 12.8 Å². The maximum absolute atomic E-state index is 4.62. The average molecular weight is 283 g/mol. The SMILES string of the molecule is C=C(C)C1=CN(C/C=C/N2N=C(C3CC3)C=CC2=C)NN1. The topological polar surface area (TPSA) is 42.9 Å². The average Bonchev–Trinajstić information content (AvgIpc) is 3.19. The molecule has 0 spiro atoms. The van der Waals surface area contributed by atoms with Crippen LogP contribution in [0.3, 0.4) is 0 Å². The fourth-order valence-corrected chi connectivity index (χ4v) is 2.13. The minimum absolute atomic E-state index is 0.649. The number of hydrazine groups is 2. The van der Waals surface area contributed by atoms with Crippen LogP contribution >= 0.6 is 0 Å². The van der Waals surface area contributed by atoms with Crippen molar-refractivity contribution in [3.05, 3.63) is 60.8 Å². The highest BCUT2D eigenvalue weighted by atomic mass is 15.7. The Hall–Kier alpha value is -2.27. The summed E-state index contributed by atoms with van der Waals surface area (Å²) in [5.41, 5.74) is 10.2. The second-order valence-electron chi connectivity index (χ2n) is 5.57. The standard InChI is InChI=1S/C16H21N5/c1-12(2)16-11-20(19-17-16)9-4-10-21-13(3)5-8-15(18-21)14-6-7-14/h4-5,8,10-11,14,17,19H,1,3,6-7,9H2,2H3/b10-4+. The molecule has 2 heterocycles. The van der Waals surface area contributed by atoms with Crippen molar-refractivity contribution in [2.24, 2.45) is 11.0 Å². The summed E-state index contributed by atoms with van der Waals surface area (Å²) in [5, 5.41) is 8.43. The third-order valence-corrected chi connectivity index (χ3v) is 3.59. The highest BCUT2D eigenvalue weighted by Crippen LogP contribution is 2.33. The Morgan fingerprint density at radius 1 is 1.48 bits per heavy atom. The van der Waals surface area contributed by atoms with Crippen LogP contribution in [-0.2, 0) is 0 Å². The summed E-state index contributed by atoms with van der Waals surface area (Å²) in [4.78, 5) is 0. The first kappa shape index (κ1) is 13.7. The van der Waals surface area contributed by atoms with Gasteiger partial charge in [0.15, 0.2) is 0 Å². The zero-order valence-corrected chi connectivity index (χ0v) is 12.3. The van der Waals surface area contributed by atoms with Gasteiger partial charge in [-0.25, -0.2) is 5.01 Å². The summed E-state index contributed by atoms with van der Waals surface area (Å²) in [6.07, 6.45) is 12.6. The van der Waals surface area contributed by atoms with Gasteiger partial charge in [-0.15, -0.1) is 5.53 Å². The van der Waals surface area contributed by atoms with Crippen LogP contribution in [0.15, 0.2) is 65.9 Å². The zero-order chi connectivity index (χ0) is 14.8. The first-order valence-electron chi connectivity index (χ1n) is 7.21. The van der Waals surface area contributed by atoms with Gasteiger partial charge in [-0.3, -0.25) is 5.01 Å². The van der Waals surface area contributed by atoms with Gasteiger partial charge in [-0.1, -0.05) is 13.2 Å². The fourth-order valence-electron chi connectivity index (χ4n) is 2.13. The van der Waals surface area contributed by atoms with E-state index >= 15 is 0 Å². The summed E-state index contributed by atoms with van der Waals surface area (Å²) >= 11 is 0. The number of hydrogen-bond acceptors (Lipinski definition) is 5. The largest absolute Gasteiger partial charge is 0.302 e. The zero-order valence-electron chi connectivity index (χ0n) is 12.3. The Labute approximate surface area is 125 Å². The number of hydrazone groups is 1. The van der Waals surface area contributed by atoms with Crippen molar-refractivity contribution in [3.8, 4) is 0 Å². The number of nitrogens with zero attached hydrogens (tertiary/aromatic N) is 3. The van der Waals surface area contributed by atoms with Crippen molar-refractivity contribution >= 4 is 5.71 Å². The van der Waals surface area contributed by atoms with Gasteiger partial charge < -0.3 is 5.43 Å². The fraction of sp³-hybridized carbons (Fsp3) is 0.312. The van der Waals surface area contributed by atoms with Crippen LogP contribution < -0.4 is 11.0 Å². The Balaban J connectivity index is 1.57. The number of rotatable bonds is 5. The molecule has 2 aliphatic heterocycles. The Bertz CT molecular complexity index is 577. The van der Waals surface area contributed by atoms with Crippen molar-refractivity contribution < 1.29 is 0 Å². The van der Waals surface area contributed by atoms with Crippen LogP contribution in [0.5, 0.6) is 0 Å². The molecule has 0 radical (unpaired) electrons. The Morgan fingerprint density at radius 3 is 2.95 bits per heavy atom. The molecule has 5 nitrogen and oxygen atoms in total. The van der Waals surface area contributed by atoms with E-state index in [9.17, 15) is 0 Å². The highest BCUT2D eigenvalue weighted by Gasteiger charge is 2.27. The van der Waals surface area contributed by atoms with E-state index < -0.39 is 0 Å². The van der Waals surface area contributed by atoms with Crippen molar-refractivity contribution in [2.75, 3.05) is 6.54 Å². The van der Waals surface area contributed by atoms with Crippen LogP contribution in [0, 0.1) is 5.92 Å². The van der Waals surface area contributed by atoms with E-state index in [0.29, 0.717) is 5.92 Å². The van der Waals surface area contributed by atoms with Crippen LogP contribution in [-0.4, -0.2) is 22.3 Å². The molecule has 0 aromatic heterocycles. The van der Waals surface area contributed by atoms with Gasteiger partial charge in [-0.2, -0.15) is 5.10 Å². The molecule has 1 saturated carbocycles. The highest BCUT2D eigenvalue weighted by molar-refractivity contribution is 5.99. The van der Waals surface area contributed by atoms with Crippen molar-refractivity contribution in [2.45, 2.75) is 19.8 Å². The maximum atomic E-state index is 4.62. The molecule has 1 aliphatic carbocycles. The van der Waals surface area contributed by atoms with Gasteiger partial charge in [0.25, 0.3) is 0 Å². The lowest BCUT2D eigenvalue weighted by atomic mass is 10.2. The molecule has 0 saturated heterocycles. The molecule has 3 aliphatic rings. The van der Waals surface area contributed by atoms with Crippen molar-refractivity contribution in [1.82, 2.24) is 21.0 Å². The van der Waals surface area contributed by atoms with E-state index in [-0.39, 0.29) is 0 Å². The lowest BCUT2D eigenvalue weighted by molar-refractivity contribution is 0.297. The molecule has 0 aromatic rings. The van der Waals surface area contributed by atoms with Crippen LogP contribution in [0.25, 0.3) is 0 Å². The number of nitrogens with one attached hydrogen (secondary N) is 2. The van der Waals surface area contributed by atoms with E-state index in [1.54, 1.807) is 0 Å². The van der Waals surface area contributed by atoms with Crippen LogP contribution in [0.4, 0.5) is 0 Å².